The van der Waals surface area contributed by atoms with Crippen LogP contribution in [0.25, 0.3) is 34.4 Å². The van der Waals surface area contributed by atoms with Crippen molar-refractivity contribution in [2.75, 3.05) is 0 Å². The van der Waals surface area contributed by atoms with Crippen LogP contribution in [0.4, 0.5) is 0 Å². The van der Waals surface area contributed by atoms with Gasteiger partial charge < -0.3 is 0 Å². The maximum atomic E-state index is 2.93. The fraction of sp³-hybridized carbons (Fsp3) is 0.404. The molecule has 3 aliphatic rings. The fourth-order valence-corrected chi connectivity index (χ4v) is 40.1. The third-order valence-corrected chi connectivity index (χ3v) is 40.4. The Kier molecular flexibility index (Phi) is 11.3. The average Bonchev–Trinajstić information content (AvgIpc) is 3.61. The molecule has 7 rings (SSSR count). The van der Waals surface area contributed by atoms with Gasteiger partial charge in [0.15, 0.2) is 0 Å². The summed E-state index contributed by atoms with van der Waals surface area (Å²) in [6.07, 6.45) is 12.2. The van der Waals surface area contributed by atoms with E-state index < -0.39 is 17.4 Å². The minimum absolute atomic E-state index is 0. The fourth-order valence-electron chi connectivity index (χ4n) is 10.7. The maximum Gasteiger partial charge on any atom is -0.147 e. The summed E-state index contributed by atoms with van der Waals surface area (Å²) in [7, 11) is 0. The zero-order valence-electron chi connectivity index (χ0n) is 32.5. The third kappa shape index (κ3) is 6.84. The predicted octanol–water partition coefficient (Wildman–Crippen LogP) is 14.1. The molecule has 0 aromatic heterocycles. The van der Waals surface area contributed by atoms with Crippen LogP contribution in [-0.2, 0) is 28.2 Å². The molecule has 1 fully saturated rings. The Bertz CT molecular complexity index is 1910. The van der Waals surface area contributed by atoms with Gasteiger partial charge in [-0.2, -0.15) is 0 Å². The van der Waals surface area contributed by atoms with E-state index in [-0.39, 0.29) is 35.6 Å². The normalized spacial score (nSPS) is 19.3. The first kappa shape index (κ1) is 40.2. The van der Waals surface area contributed by atoms with Crippen molar-refractivity contribution in [3.8, 4) is 22.3 Å². The Morgan fingerprint density at radius 3 is 1.27 bits per heavy atom. The smallest absolute Gasteiger partial charge is 0.147 e. The summed E-state index contributed by atoms with van der Waals surface area (Å²) >= 11 is -3.86. The SMILES string of the molecule is CC1=Cc2c(-c3ccc(C(C)(C)C)cc3)cccc2[CH]1[Zr]([CH3])(=[SiH2])([CH]1CCCCC1)[CH]1C(C)=Cc2c(-c3ccc(C(C)(C)C)cc3)cccc21.Cl.Cl. The van der Waals surface area contributed by atoms with Gasteiger partial charge in [-0.05, 0) is 0 Å². The first-order chi connectivity index (χ1) is 23.1. The van der Waals surface area contributed by atoms with E-state index in [1.165, 1.54) is 76.6 Å². The summed E-state index contributed by atoms with van der Waals surface area (Å²) in [4.78, 5) is 0. The van der Waals surface area contributed by atoms with E-state index in [1.807, 2.05) is 0 Å². The van der Waals surface area contributed by atoms with Crippen molar-refractivity contribution >= 4 is 43.8 Å². The first-order valence-electron chi connectivity index (χ1n) is 19.0. The van der Waals surface area contributed by atoms with E-state index in [9.17, 15) is 0 Å². The molecule has 4 heteroatoms. The summed E-state index contributed by atoms with van der Waals surface area (Å²) < 4.78 is 4.89. The van der Waals surface area contributed by atoms with Crippen LogP contribution >= 0.6 is 24.8 Å². The van der Waals surface area contributed by atoms with Gasteiger partial charge in [0, 0.05) is 0 Å². The van der Waals surface area contributed by atoms with Gasteiger partial charge in [0.1, 0.15) is 0 Å². The number of rotatable bonds is 5. The molecule has 0 saturated heterocycles. The topological polar surface area (TPSA) is 0 Å². The van der Waals surface area contributed by atoms with Gasteiger partial charge in [0.25, 0.3) is 0 Å². The summed E-state index contributed by atoms with van der Waals surface area (Å²) in [5.74, 6) is 0. The summed E-state index contributed by atoms with van der Waals surface area (Å²) in [5, 5.41) is 0. The van der Waals surface area contributed by atoms with Crippen molar-refractivity contribution in [1.29, 1.82) is 0 Å². The van der Waals surface area contributed by atoms with E-state index in [4.69, 9.17) is 0 Å². The van der Waals surface area contributed by atoms with E-state index >= 15 is 0 Å². The van der Waals surface area contributed by atoms with Crippen molar-refractivity contribution in [3.05, 3.63) is 129 Å². The molecule has 0 amide bonds. The number of hydrogen-bond donors (Lipinski definition) is 0. The first-order valence-corrected chi connectivity index (χ1v) is 31.6. The number of fused-ring (bicyclic) bond motifs is 2. The van der Waals surface area contributed by atoms with Crippen molar-refractivity contribution < 1.29 is 17.4 Å². The molecule has 0 nitrogen and oxygen atoms in total. The van der Waals surface area contributed by atoms with Crippen molar-refractivity contribution in [1.82, 2.24) is 0 Å². The van der Waals surface area contributed by atoms with E-state index in [2.05, 4.69) is 164 Å². The minimum Gasteiger partial charge on any atom is -0.147 e. The second kappa shape index (κ2) is 14.4. The summed E-state index contributed by atoms with van der Waals surface area (Å²) in [6.45, 7) is 21.4. The van der Waals surface area contributed by atoms with Crippen molar-refractivity contribution in [3.63, 3.8) is 0 Å². The number of benzene rings is 4. The monoisotopic (exact) mass is 812 g/mol. The molecule has 0 spiro atoms. The van der Waals surface area contributed by atoms with E-state index in [0.717, 1.165) is 3.63 Å². The van der Waals surface area contributed by atoms with Gasteiger partial charge in [0.05, 0.1) is 0 Å². The van der Waals surface area contributed by atoms with E-state index in [0.29, 0.717) is 7.25 Å². The molecule has 2 unspecified atom stereocenters. The molecular formula is C47H60Cl2SiZr. The van der Waals surface area contributed by atoms with Crippen LogP contribution in [0, 0.1) is 0 Å². The van der Waals surface area contributed by atoms with Crippen LogP contribution in [0.2, 0.25) is 8.26 Å². The quantitative estimate of drug-likeness (QED) is 0.176. The molecule has 4 aromatic rings. The molecule has 1 saturated carbocycles. The minimum atomic E-state index is -3.86. The predicted molar refractivity (Wildman–Crippen MR) is 230 cm³/mol. The second-order valence-corrected chi connectivity index (χ2v) is 46.3. The Balaban J connectivity index is 0.00000252. The van der Waals surface area contributed by atoms with Gasteiger partial charge in [-0.1, -0.05) is 0 Å². The molecule has 0 N–H and O–H groups in total. The van der Waals surface area contributed by atoms with Crippen LogP contribution < -0.4 is 0 Å². The molecule has 0 radical (unpaired) electrons. The molecule has 270 valence electrons. The zero-order valence-corrected chi connectivity index (χ0v) is 38.0. The van der Waals surface area contributed by atoms with Crippen LogP contribution in [0.1, 0.15) is 128 Å². The molecule has 3 aliphatic carbocycles. The summed E-state index contributed by atoms with van der Waals surface area (Å²) in [5.41, 5.74) is 18.1. The van der Waals surface area contributed by atoms with Gasteiger partial charge >= 0.3 is 302 Å². The third-order valence-electron chi connectivity index (χ3n) is 13.1. The van der Waals surface area contributed by atoms with E-state index in [1.54, 1.807) is 22.3 Å². The Morgan fingerprint density at radius 1 is 0.549 bits per heavy atom. The number of allylic oxidation sites excluding steroid dienone is 2. The maximum absolute atomic E-state index is 3.86. The molecular weight excluding hydrogens is 755 g/mol. The molecule has 0 aliphatic heterocycles. The molecule has 0 heterocycles. The van der Waals surface area contributed by atoms with Gasteiger partial charge in [-0.15, -0.1) is 24.8 Å². The molecule has 4 aromatic carbocycles. The van der Waals surface area contributed by atoms with Crippen LogP contribution in [0.15, 0.2) is 96.1 Å². The molecule has 51 heavy (non-hydrogen) atoms. The summed E-state index contributed by atoms with van der Waals surface area (Å²) in [6, 6.07) is 33.4. The van der Waals surface area contributed by atoms with Crippen LogP contribution in [0.5, 0.6) is 0 Å². The standard InChI is InChI=1S/2C20H21.C6H11.CH3.2ClH.H2Si.Zr/c2*1-14-12-16-6-5-7-18(19(16)13-14)15-8-10-17(11-9-15)20(2,3)4;1-2-4-6-5-3-1;;;;;/h2*5-13H,1-4H3;1H,2-6H2;1H3;2*1H;1H2;. The number of halogens is 2. The van der Waals surface area contributed by atoms with Gasteiger partial charge in [-0.3, -0.25) is 0 Å². The van der Waals surface area contributed by atoms with Crippen molar-refractivity contribution in [2.24, 2.45) is 0 Å². The van der Waals surface area contributed by atoms with Gasteiger partial charge in [-0.25, -0.2) is 0 Å². The zero-order chi connectivity index (χ0) is 35.0. The Morgan fingerprint density at radius 2 is 0.922 bits per heavy atom. The van der Waals surface area contributed by atoms with Crippen LogP contribution in [-0.4, -0.2) is 6.88 Å². The molecule has 2 atom stereocenters. The number of hydrogen-bond acceptors (Lipinski definition) is 0. The average molecular weight is 815 g/mol. The molecule has 0 bridgehead atoms. The Hall–Kier alpha value is -1.96. The van der Waals surface area contributed by atoms with Crippen molar-refractivity contribution in [2.45, 2.75) is 114 Å². The van der Waals surface area contributed by atoms with Gasteiger partial charge in [0.2, 0.25) is 0 Å². The second-order valence-electron chi connectivity index (χ2n) is 18.6. The van der Waals surface area contributed by atoms with Crippen LogP contribution in [0.3, 0.4) is 0 Å². The Labute approximate surface area is 324 Å². The largest absolute Gasteiger partial charge is 0.147 e.